The number of para-hydroxylation sites is 1. The van der Waals surface area contributed by atoms with Gasteiger partial charge in [0.05, 0.1) is 16.9 Å². The third kappa shape index (κ3) is 4.15. The topological polar surface area (TPSA) is 91.1 Å². The number of amides is 2. The van der Waals surface area contributed by atoms with Crippen LogP contribution in [-0.2, 0) is 11.3 Å². The summed E-state index contributed by atoms with van der Waals surface area (Å²) in [6.07, 6.45) is 1.36. The second-order valence-corrected chi connectivity index (χ2v) is 7.79. The van der Waals surface area contributed by atoms with Crippen LogP contribution in [0.1, 0.15) is 15.2 Å². The number of rotatable bonds is 5. The number of pyridine rings is 1. The van der Waals surface area contributed by atoms with Crippen molar-refractivity contribution in [3.63, 3.8) is 0 Å². The molecule has 0 aliphatic carbocycles. The minimum atomic E-state index is -0.582. The maximum atomic E-state index is 12.3. The maximum absolute atomic E-state index is 12.3. The number of nitrogens with one attached hydrogen (secondary N) is 3. The van der Waals surface area contributed by atoms with E-state index in [2.05, 4.69) is 31.5 Å². The molecule has 128 valence electrons. The lowest BCUT2D eigenvalue weighted by Crippen LogP contribution is -2.38. The number of carbonyl (C=O) groups excluding carboxylic acids is 2. The van der Waals surface area contributed by atoms with Crippen LogP contribution in [0.25, 0.3) is 10.9 Å². The molecule has 0 atom stereocenters. The fourth-order valence-electron chi connectivity index (χ4n) is 2.29. The van der Waals surface area contributed by atoms with Crippen LogP contribution in [0.2, 0.25) is 0 Å². The summed E-state index contributed by atoms with van der Waals surface area (Å²) in [5.41, 5.74) is 0.272. The number of halogens is 1. The molecular weight excluding hydrogens is 406 g/mol. The molecule has 0 aliphatic heterocycles. The number of hydrogen-bond acceptors (Lipinski definition) is 4. The van der Waals surface area contributed by atoms with Gasteiger partial charge in [-0.2, -0.15) is 0 Å². The zero-order chi connectivity index (χ0) is 17.8. The Kier molecular flexibility index (Phi) is 5.30. The Bertz CT molecular complexity index is 996. The van der Waals surface area contributed by atoms with Crippen molar-refractivity contribution in [2.75, 3.05) is 6.54 Å². The second kappa shape index (κ2) is 7.62. The number of benzene rings is 1. The van der Waals surface area contributed by atoms with Crippen LogP contribution in [0, 0.1) is 0 Å². The van der Waals surface area contributed by atoms with Crippen LogP contribution in [0.4, 0.5) is 0 Å². The van der Waals surface area contributed by atoms with Crippen molar-refractivity contribution in [3.05, 3.63) is 67.0 Å². The first kappa shape index (κ1) is 17.4. The van der Waals surface area contributed by atoms with Gasteiger partial charge in [0.1, 0.15) is 5.56 Å². The smallest absolute Gasteiger partial charge is 0.257 e. The molecule has 0 radical (unpaired) electrons. The number of aromatic nitrogens is 1. The van der Waals surface area contributed by atoms with Crippen molar-refractivity contribution in [3.8, 4) is 0 Å². The first-order valence-corrected chi connectivity index (χ1v) is 9.05. The summed E-state index contributed by atoms with van der Waals surface area (Å²) in [6.45, 7) is 0.194. The molecule has 0 spiro atoms. The Labute approximate surface area is 155 Å². The van der Waals surface area contributed by atoms with E-state index in [0.717, 1.165) is 8.66 Å². The molecule has 0 unspecified atom stereocenters. The van der Waals surface area contributed by atoms with E-state index in [1.807, 2.05) is 12.1 Å². The molecule has 2 amide bonds. The number of carbonyl (C=O) groups is 2. The van der Waals surface area contributed by atoms with Crippen LogP contribution in [-0.4, -0.2) is 23.3 Å². The summed E-state index contributed by atoms with van der Waals surface area (Å²) in [5.74, 6) is -0.906. The highest BCUT2D eigenvalue weighted by atomic mass is 79.9. The average molecular weight is 420 g/mol. The van der Waals surface area contributed by atoms with Crippen molar-refractivity contribution in [2.24, 2.45) is 0 Å². The van der Waals surface area contributed by atoms with Gasteiger partial charge in [-0.15, -0.1) is 11.3 Å². The monoisotopic (exact) mass is 419 g/mol. The predicted molar refractivity (Wildman–Crippen MR) is 101 cm³/mol. The van der Waals surface area contributed by atoms with Crippen molar-refractivity contribution < 1.29 is 9.59 Å². The molecule has 3 rings (SSSR count). The van der Waals surface area contributed by atoms with E-state index in [-0.39, 0.29) is 23.4 Å². The first-order valence-electron chi connectivity index (χ1n) is 7.44. The lowest BCUT2D eigenvalue weighted by molar-refractivity contribution is -0.120. The summed E-state index contributed by atoms with van der Waals surface area (Å²) in [5, 5.41) is 5.62. The number of thiophene rings is 1. The SMILES string of the molecule is O=C(CNC(=O)c1c[nH]c2ccccc2c1=O)NCc1ccc(Br)s1. The fraction of sp³-hybridized carbons (Fsp3) is 0.118. The highest BCUT2D eigenvalue weighted by Gasteiger charge is 2.13. The van der Waals surface area contributed by atoms with Crippen LogP contribution in [0.5, 0.6) is 0 Å². The van der Waals surface area contributed by atoms with Gasteiger partial charge in [0.15, 0.2) is 0 Å². The molecular formula is C17H14BrN3O3S. The normalized spacial score (nSPS) is 10.6. The Morgan fingerprint density at radius 3 is 2.68 bits per heavy atom. The predicted octanol–water partition coefficient (Wildman–Crippen LogP) is 2.40. The van der Waals surface area contributed by atoms with Gasteiger partial charge in [0.25, 0.3) is 5.91 Å². The van der Waals surface area contributed by atoms with Crippen LogP contribution in [0.15, 0.2) is 51.2 Å². The zero-order valence-electron chi connectivity index (χ0n) is 13.0. The van der Waals surface area contributed by atoms with Gasteiger partial charge in [-0.1, -0.05) is 12.1 Å². The molecule has 1 aromatic carbocycles. The van der Waals surface area contributed by atoms with Crippen LogP contribution >= 0.6 is 27.3 Å². The Balaban J connectivity index is 1.60. The highest BCUT2D eigenvalue weighted by molar-refractivity contribution is 9.11. The molecule has 0 bridgehead atoms. The summed E-state index contributed by atoms with van der Waals surface area (Å²) in [4.78, 5) is 40.3. The summed E-state index contributed by atoms with van der Waals surface area (Å²) in [7, 11) is 0. The highest BCUT2D eigenvalue weighted by Crippen LogP contribution is 2.21. The van der Waals surface area contributed by atoms with E-state index >= 15 is 0 Å². The number of H-pyrrole nitrogens is 1. The molecule has 0 fully saturated rings. The second-order valence-electron chi connectivity index (χ2n) is 5.24. The first-order chi connectivity index (χ1) is 12.0. The molecule has 25 heavy (non-hydrogen) atoms. The van der Waals surface area contributed by atoms with Crippen molar-refractivity contribution in [1.29, 1.82) is 0 Å². The van der Waals surface area contributed by atoms with Gasteiger partial charge >= 0.3 is 0 Å². The van der Waals surface area contributed by atoms with E-state index < -0.39 is 5.91 Å². The standard InChI is InChI=1S/C17H14BrN3O3S/c18-14-6-5-10(25-14)7-20-15(22)9-21-17(24)12-8-19-13-4-2-1-3-11(13)16(12)23/h1-6,8H,7,9H2,(H,19,23)(H,20,22)(H,21,24). The zero-order valence-corrected chi connectivity index (χ0v) is 15.4. The van der Waals surface area contributed by atoms with Gasteiger partial charge in [0.2, 0.25) is 11.3 Å². The molecule has 2 aromatic heterocycles. The van der Waals surface area contributed by atoms with Gasteiger partial charge in [-0.05, 0) is 40.2 Å². The van der Waals surface area contributed by atoms with Gasteiger partial charge in [-0.3, -0.25) is 14.4 Å². The largest absolute Gasteiger partial charge is 0.360 e. The third-order valence-electron chi connectivity index (χ3n) is 3.53. The fourth-order valence-corrected chi connectivity index (χ4v) is 3.71. The minimum absolute atomic E-state index is 0.0197. The van der Waals surface area contributed by atoms with Crippen molar-refractivity contribution >= 4 is 50.0 Å². The van der Waals surface area contributed by atoms with Crippen molar-refractivity contribution in [2.45, 2.75) is 6.54 Å². The van der Waals surface area contributed by atoms with Crippen molar-refractivity contribution in [1.82, 2.24) is 15.6 Å². The van der Waals surface area contributed by atoms with Gasteiger partial charge < -0.3 is 15.6 Å². The maximum Gasteiger partial charge on any atom is 0.257 e. The molecule has 0 saturated carbocycles. The summed E-state index contributed by atoms with van der Waals surface area (Å²) >= 11 is 4.88. The van der Waals surface area contributed by atoms with E-state index in [1.165, 1.54) is 17.5 Å². The Morgan fingerprint density at radius 1 is 1.12 bits per heavy atom. The third-order valence-corrected chi connectivity index (χ3v) is 5.15. The Hall–Kier alpha value is -2.45. The Morgan fingerprint density at radius 2 is 1.92 bits per heavy atom. The molecule has 8 heteroatoms. The lowest BCUT2D eigenvalue weighted by Gasteiger charge is -2.06. The quantitative estimate of drug-likeness (QED) is 0.592. The summed E-state index contributed by atoms with van der Waals surface area (Å²) in [6, 6.07) is 10.7. The van der Waals surface area contributed by atoms with E-state index in [4.69, 9.17) is 0 Å². The minimum Gasteiger partial charge on any atom is -0.360 e. The lowest BCUT2D eigenvalue weighted by atomic mass is 10.1. The van der Waals surface area contributed by atoms with E-state index in [0.29, 0.717) is 17.4 Å². The molecule has 2 heterocycles. The van der Waals surface area contributed by atoms with Gasteiger partial charge in [0, 0.05) is 22.0 Å². The van der Waals surface area contributed by atoms with E-state index in [1.54, 1.807) is 24.3 Å². The molecule has 0 saturated heterocycles. The van der Waals surface area contributed by atoms with E-state index in [9.17, 15) is 14.4 Å². The molecule has 6 nitrogen and oxygen atoms in total. The molecule has 3 aromatic rings. The number of fused-ring (bicyclic) bond motifs is 1. The van der Waals surface area contributed by atoms with Crippen LogP contribution < -0.4 is 16.1 Å². The summed E-state index contributed by atoms with van der Waals surface area (Å²) < 4.78 is 0.987. The molecule has 3 N–H and O–H groups in total. The number of hydrogen-bond donors (Lipinski definition) is 3. The molecule has 0 aliphatic rings. The number of aromatic amines is 1. The van der Waals surface area contributed by atoms with Crippen LogP contribution in [0.3, 0.4) is 0 Å². The van der Waals surface area contributed by atoms with Gasteiger partial charge in [-0.25, -0.2) is 0 Å². The average Bonchev–Trinajstić information content (AvgIpc) is 3.04.